The van der Waals surface area contributed by atoms with Crippen molar-refractivity contribution in [2.24, 2.45) is 0 Å². The van der Waals surface area contributed by atoms with Gasteiger partial charge in [-0.3, -0.25) is 0 Å². The van der Waals surface area contributed by atoms with Gasteiger partial charge in [-0.1, -0.05) is 15.9 Å². The summed E-state index contributed by atoms with van der Waals surface area (Å²) < 4.78 is 25.4. The summed E-state index contributed by atoms with van der Waals surface area (Å²) in [6.07, 6.45) is 0. The van der Waals surface area contributed by atoms with Gasteiger partial charge in [-0.05, 0) is 43.4 Å². The third-order valence-corrected chi connectivity index (χ3v) is 3.51. The van der Waals surface area contributed by atoms with Crippen LogP contribution < -0.4 is 14.8 Å². The van der Waals surface area contributed by atoms with Gasteiger partial charge in [0.05, 0.1) is 7.11 Å². The molecule has 0 saturated heterocycles. The summed E-state index contributed by atoms with van der Waals surface area (Å²) in [4.78, 5) is 0. The Labute approximate surface area is 132 Å². The second kappa shape index (κ2) is 7.43. The van der Waals surface area contributed by atoms with E-state index in [1.807, 2.05) is 25.2 Å². The van der Waals surface area contributed by atoms with Crippen molar-refractivity contribution in [3.8, 4) is 11.5 Å². The van der Waals surface area contributed by atoms with Crippen molar-refractivity contribution in [1.82, 2.24) is 5.32 Å². The van der Waals surface area contributed by atoms with Gasteiger partial charge in [0.15, 0.2) is 0 Å². The highest BCUT2D eigenvalue weighted by Crippen LogP contribution is 2.26. The maximum Gasteiger partial charge on any atom is 0.125 e. The Balaban J connectivity index is 2.18. The normalized spacial score (nSPS) is 10.5. The number of ether oxygens (including phenoxy) is 2. The molecule has 1 N–H and O–H groups in total. The van der Waals surface area contributed by atoms with Crippen LogP contribution in [0.2, 0.25) is 0 Å². The van der Waals surface area contributed by atoms with E-state index in [0.717, 1.165) is 21.3 Å². The zero-order valence-corrected chi connectivity index (χ0v) is 13.5. The van der Waals surface area contributed by atoms with Gasteiger partial charge in [0, 0.05) is 22.1 Å². The first-order chi connectivity index (χ1) is 10.1. The third kappa shape index (κ3) is 4.19. The van der Waals surface area contributed by atoms with Gasteiger partial charge in [-0.15, -0.1) is 0 Å². The quantitative estimate of drug-likeness (QED) is 0.854. The number of benzene rings is 2. The number of methoxy groups -OCH3 is 1. The van der Waals surface area contributed by atoms with Crippen molar-refractivity contribution in [3.05, 3.63) is 57.8 Å². The lowest BCUT2D eigenvalue weighted by atomic mass is 10.2. The zero-order chi connectivity index (χ0) is 15.2. The van der Waals surface area contributed by atoms with Crippen LogP contribution >= 0.6 is 15.9 Å². The Hall–Kier alpha value is -1.59. The molecule has 0 atom stereocenters. The van der Waals surface area contributed by atoms with Crippen LogP contribution in [0.5, 0.6) is 11.5 Å². The molecule has 0 spiro atoms. The summed E-state index contributed by atoms with van der Waals surface area (Å²) in [6.45, 7) is 0.897. The van der Waals surface area contributed by atoms with Crippen LogP contribution in [0.1, 0.15) is 11.1 Å². The van der Waals surface area contributed by atoms with Crippen molar-refractivity contribution in [3.63, 3.8) is 0 Å². The van der Waals surface area contributed by atoms with Crippen LogP contribution in [0.15, 0.2) is 40.9 Å². The van der Waals surface area contributed by atoms with Crippen LogP contribution in [0.4, 0.5) is 4.39 Å². The van der Waals surface area contributed by atoms with Gasteiger partial charge < -0.3 is 14.8 Å². The molecule has 5 heteroatoms. The van der Waals surface area contributed by atoms with Crippen LogP contribution in [0, 0.1) is 5.82 Å². The van der Waals surface area contributed by atoms with Gasteiger partial charge in [0.1, 0.15) is 23.9 Å². The first-order valence-electron chi connectivity index (χ1n) is 6.52. The Morgan fingerprint density at radius 1 is 1.10 bits per heavy atom. The minimum absolute atomic E-state index is 0.271. The van der Waals surface area contributed by atoms with Crippen molar-refractivity contribution >= 4 is 15.9 Å². The fourth-order valence-corrected chi connectivity index (χ4v) is 2.44. The minimum Gasteiger partial charge on any atom is -0.496 e. The summed E-state index contributed by atoms with van der Waals surface area (Å²) in [5.74, 6) is 1.15. The maximum atomic E-state index is 13.3. The summed E-state index contributed by atoms with van der Waals surface area (Å²) in [7, 11) is 3.43. The van der Waals surface area contributed by atoms with Crippen molar-refractivity contribution in [1.29, 1.82) is 0 Å². The molecule has 2 rings (SSSR count). The van der Waals surface area contributed by atoms with Gasteiger partial charge >= 0.3 is 0 Å². The Bertz CT molecular complexity index is 619. The minimum atomic E-state index is -0.271. The lowest BCUT2D eigenvalue weighted by Gasteiger charge is -2.13. The number of rotatable bonds is 6. The lowest BCUT2D eigenvalue weighted by Crippen LogP contribution is -2.08. The summed E-state index contributed by atoms with van der Waals surface area (Å²) in [6, 6.07) is 10.2. The van der Waals surface area contributed by atoms with E-state index in [4.69, 9.17) is 9.47 Å². The molecule has 0 aromatic heterocycles. The van der Waals surface area contributed by atoms with E-state index in [9.17, 15) is 4.39 Å². The topological polar surface area (TPSA) is 30.5 Å². The molecule has 0 unspecified atom stereocenters. The second-order valence-corrected chi connectivity index (χ2v) is 5.44. The number of hydrogen-bond acceptors (Lipinski definition) is 3. The SMILES string of the molecule is CNCc1cc(F)ccc1OCc1cc(Br)ccc1OC. The van der Waals surface area contributed by atoms with E-state index in [0.29, 0.717) is 18.9 Å². The van der Waals surface area contributed by atoms with E-state index in [-0.39, 0.29) is 5.82 Å². The number of hydrogen-bond donors (Lipinski definition) is 1. The molecule has 112 valence electrons. The summed E-state index contributed by atoms with van der Waals surface area (Å²) in [5, 5.41) is 3.00. The van der Waals surface area contributed by atoms with E-state index in [1.165, 1.54) is 12.1 Å². The molecule has 2 aromatic rings. The first-order valence-corrected chi connectivity index (χ1v) is 7.31. The first kappa shape index (κ1) is 15.8. The Morgan fingerprint density at radius 3 is 2.57 bits per heavy atom. The molecule has 21 heavy (non-hydrogen) atoms. The van der Waals surface area contributed by atoms with E-state index < -0.39 is 0 Å². The van der Waals surface area contributed by atoms with Crippen LogP contribution in [0.3, 0.4) is 0 Å². The molecule has 2 aromatic carbocycles. The van der Waals surface area contributed by atoms with Crippen LogP contribution in [-0.4, -0.2) is 14.2 Å². The smallest absolute Gasteiger partial charge is 0.125 e. The molecular formula is C16H17BrFNO2. The molecule has 0 saturated carbocycles. The summed E-state index contributed by atoms with van der Waals surface area (Å²) >= 11 is 3.43. The van der Waals surface area contributed by atoms with Crippen LogP contribution in [0.25, 0.3) is 0 Å². The van der Waals surface area contributed by atoms with Gasteiger partial charge in [-0.25, -0.2) is 4.39 Å². The molecule has 0 aliphatic carbocycles. The number of halogens is 2. The highest BCUT2D eigenvalue weighted by atomic mass is 79.9. The molecular weight excluding hydrogens is 337 g/mol. The lowest BCUT2D eigenvalue weighted by molar-refractivity contribution is 0.292. The molecule has 3 nitrogen and oxygen atoms in total. The molecule has 0 aliphatic rings. The largest absolute Gasteiger partial charge is 0.496 e. The number of nitrogens with one attached hydrogen (secondary N) is 1. The van der Waals surface area contributed by atoms with E-state index in [1.54, 1.807) is 13.2 Å². The predicted octanol–water partition coefficient (Wildman–Crippen LogP) is 3.90. The fourth-order valence-electron chi connectivity index (χ4n) is 2.03. The molecule has 0 heterocycles. The monoisotopic (exact) mass is 353 g/mol. The molecule has 0 fully saturated rings. The van der Waals surface area contributed by atoms with E-state index >= 15 is 0 Å². The molecule has 0 amide bonds. The van der Waals surface area contributed by atoms with Crippen molar-refractivity contribution in [2.45, 2.75) is 13.2 Å². The zero-order valence-electron chi connectivity index (χ0n) is 12.0. The maximum absolute atomic E-state index is 13.3. The average molecular weight is 354 g/mol. The summed E-state index contributed by atoms with van der Waals surface area (Å²) in [5.41, 5.74) is 1.71. The highest BCUT2D eigenvalue weighted by molar-refractivity contribution is 9.10. The van der Waals surface area contributed by atoms with Crippen molar-refractivity contribution in [2.75, 3.05) is 14.2 Å². The molecule has 0 aliphatic heterocycles. The molecule has 0 bridgehead atoms. The van der Waals surface area contributed by atoms with Crippen molar-refractivity contribution < 1.29 is 13.9 Å². The fraction of sp³-hybridized carbons (Fsp3) is 0.250. The van der Waals surface area contributed by atoms with Gasteiger partial charge in [0.2, 0.25) is 0 Å². The standard InChI is InChI=1S/C16H17BrFNO2/c1-19-9-11-8-14(18)4-6-16(11)21-10-12-7-13(17)3-5-15(12)20-2/h3-8,19H,9-10H2,1-2H3. The van der Waals surface area contributed by atoms with Crippen LogP contribution in [-0.2, 0) is 13.2 Å². The Morgan fingerprint density at radius 2 is 1.86 bits per heavy atom. The molecule has 0 radical (unpaired) electrons. The predicted molar refractivity (Wildman–Crippen MR) is 84.2 cm³/mol. The van der Waals surface area contributed by atoms with E-state index in [2.05, 4.69) is 21.2 Å². The second-order valence-electron chi connectivity index (χ2n) is 4.53. The van der Waals surface area contributed by atoms with Gasteiger partial charge in [0.25, 0.3) is 0 Å². The van der Waals surface area contributed by atoms with Gasteiger partial charge in [-0.2, -0.15) is 0 Å². The highest BCUT2D eigenvalue weighted by Gasteiger charge is 2.08. The average Bonchev–Trinajstić information content (AvgIpc) is 2.47. The third-order valence-electron chi connectivity index (χ3n) is 3.02. The Kier molecular flexibility index (Phi) is 5.59.